The van der Waals surface area contributed by atoms with E-state index < -0.39 is 39.7 Å². The third-order valence-corrected chi connectivity index (χ3v) is 7.04. The minimum absolute atomic E-state index is 0.0649. The van der Waals surface area contributed by atoms with Crippen molar-refractivity contribution < 1.29 is 27.5 Å². The number of nitrogens with zero attached hydrogens (tertiary/aromatic N) is 1. The Morgan fingerprint density at radius 1 is 1.25 bits per heavy atom. The highest BCUT2D eigenvalue weighted by Crippen LogP contribution is 2.22. The van der Waals surface area contributed by atoms with Crippen LogP contribution in [0.1, 0.15) is 33.1 Å². The molecule has 11 heteroatoms. The number of sulfonamides is 1. The van der Waals surface area contributed by atoms with Crippen LogP contribution in [0.2, 0.25) is 0 Å². The Balaban J connectivity index is 2.10. The fraction of sp³-hybridized carbons (Fsp3) is 0.571. The van der Waals surface area contributed by atoms with Crippen LogP contribution in [-0.4, -0.2) is 69.1 Å². The second-order valence-electron chi connectivity index (χ2n) is 8.14. The molecule has 1 saturated heterocycles. The van der Waals surface area contributed by atoms with Gasteiger partial charge in [-0.1, -0.05) is 13.8 Å². The number of nitrogens with two attached hydrogens (primary N) is 1. The molecule has 32 heavy (non-hydrogen) atoms. The van der Waals surface area contributed by atoms with E-state index in [2.05, 4.69) is 10.6 Å². The molecule has 0 radical (unpaired) electrons. The lowest BCUT2D eigenvalue weighted by atomic mass is 10.0. The lowest BCUT2D eigenvalue weighted by molar-refractivity contribution is -0.131. The molecular weight excluding hydrogens is 436 g/mol. The van der Waals surface area contributed by atoms with E-state index >= 15 is 0 Å². The molecule has 0 aliphatic carbocycles. The molecule has 1 aliphatic heterocycles. The van der Waals surface area contributed by atoms with Gasteiger partial charge in [0, 0.05) is 6.54 Å². The Labute approximate surface area is 188 Å². The molecule has 0 saturated carbocycles. The zero-order chi connectivity index (χ0) is 23.9. The number of nitrogens with one attached hydrogen (secondary N) is 2. The standard InChI is InChI=1S/C21H32N4O6S/c1-14(2)11-18(23-20(27)12-22)21(28)24-17-5-4-10-25(13-19(17)26)32(29,30)16-8-6-15(31-3)7-9-16/h6-9,14,17-18H,4-5,10-13,22H2,1-3H3,(H,23,27)(H,24,28)/t17?,18-/m0/s1. The molecule has 0 aromatic heterocycles. The highest BCUT2D eigenvalue weighted by atomic mass is 32.2. The van der Waals surface area contributed by atoms with E-state index in [1.165, 1.54) is 19.2 Å². The molecule has 1 aromatic carbocycles. The molecule has 1 fully saturated rings. The summed E-state index contributed by atoms with van der Waals surface area (Å²) in [6, 6.07) is 4.29. The molecule has 1 heterocycles. The summed E-state index contributed by atoms with van der Waals surface area (Å²) in [5, 5.41) is 5.27. The summed E-state index contributed by atoms with van der Waals surface area (Å²) in [4.78, 5) is 37.3. The van der Waals surface area contributed by atoms with Gasteiger partial charge in [0.2, 0.25) is 21.8 Å². The number of methoxy groups -OCH3 is 1. The summed E-state index contributed by atoms with van der Waals surface area (Å²) in [7, 11) is -2.39. The van der Waals surface area contributed by atoms with E-state index in [1.807, 2.05) is 13.8 Å². The quantitative estimate of drug-likeness (QED) is 0.463. The topological polar surface area (TPSA) is 148 Å². The molecular formula is C21H32N4O6S. The second-order valence-corrected chi connectivity index (χ2v) is 10.1. The molecule has 0 bridgehead atoms. The van der Waals surface area contributed by atoms with Gasteiger partial charge in [-0.3, -0.25) is 14.4 Å². The number of ether oxygens (including phenoxy) is 1. The highest BCUT2D eigenvalue weighted by Gasteiger charge is 2.34. The number of hydrogen-bond donors (Lipinski definition) is 3. The summed E-state index contributed by atoms with van der Waals surface area (Å²) in [5.41, 5.74) is 5.33. The first kappa shape index (κ1) is 25.8. The molecule has 1 aliphatic rings. The number of ketones is 1. The van der Waals surface area contributed by atoms with Crippen LogP contribution in [0.4, 0.5) is 0 Å². The van der Waals surface area contributed by atoms with Crippen molar-refractivity contribution >= 4 is 27.6 Å². The van der Waals surface area contributed by atoms with Crippen molar-refractivity contribution in [3.63, 3.8) is 0 Å². The first-order valence-corrected chi connectivity index (χ1v) is 12.0. The predicted molar refractivity (Wildman–Crippen MR) is 118 cm³/mol. The van der Waals surface area contributed by atoms with E-state index in [1.54, 1.807) is 12.1 Å². The van der Waals surface area contributed by atoms with Crippen LogP contribution in [0, 0.1) is 5.92 Å². The monoisotopic (exact) mass is 468 g/mol. The number of hydrogen-bond acceptors (Lipinski definition) is 7. The maximum atomic E-state index is 13.0. The van der Waals surface area contributed by atoms with Gasteiger partial charge in [0.15, 0.2) is 5.78 Å². The number of benzene rings is 1. The maximum absolute atomic E-state index is 13.0. The van der Waals surface area contributed by atoms with Crippen LogP contribution in [0.15, 0.2) is 29.2 Å². The number of rotatable bonds is 9. The van der Waals surface area contributed by atoms with Crippen LogP contribution in [0.5, 0.6) is 5.75 Å². The minimum Gasteiger partial charge on any atom is -0.497 e. The first-order chi connectivity index (χ1) is 15.1. The molecule has 2 rings (SSSR count). The summed E-state index contributed by atoms with van der Waals surface area (Å²) in [6.07, 6.45) is 1.09. The van der Waals surface area contributed by atoms with Crippen LogP contribution in [0.3, 0.4) is 0 Å². The van der Waals surface area contributed by atoms with E-state index in [0.29, 0.717) is 25.0 Å². The highest BCUT2D eigenvalue weighted by molar-refractivity contribution is 7.89. The van der Waals surface area contributed by atoms with Gasteiger partial charge in [-0.05, 0) is 49.4 Å². The average molecular weight is 469 g/mol. The zero-order valence-corrected chi connectivity index (χ0v) is 19.5. The van der Waals surface area contributed by atoms with E-state index in [0.717, 1.165) is 4.31 Å². The third kappa shape index (κ3) is 6.75. The fourth-order valence-corrected chi connectivity index (χ4v) is 4.92. The van der Waals surface area contributed by atoms with Crippen LogP contribution in [-0.2, 0) is 24.4 Å². The van der Waals surface area contributed by atoms with Crippen molar-refractivity contribution in [2.45, 2.75) is 50.1 Å². The van der Waals surface area contributed by atoms with Gasteiger partial charge >= 0.3 is 0 Å². The minimum atomic E-state index is -3.87. The first-order valence-electron chi connectivity index (χ1n) is 10.5. The third-order valence-electron chi connectivity index (χ3n) is 5.18. The van der Waals surface area contributed by atoms with Crippen molar-refractivity contribution in [1.29, 1.82) is 0 Å². The van der Waals surface area contributed by atoms with Crippen LogP contribution >= 0.6 is 0 Å². The molecule has 2 atom stereocenters. The lowest BCUT2D eigenvalue weighted by Crippen LogP contribution is -2.53. The lowest BCUT2D eigenvalue weighted by Gasteiger charge is -2.23. The molecule has 1 aromatic rings. The van der Waals surface area contributed by atoms with E-state index in [-0.39, 0.29) is 30.4 Å². The average Bonchev–Trinajstić information content (AvgIpc) is 2.94. The molecule has 178 valence electrons. The van der Waals surface area contributed by atoms with Gasteiger partial charge in [-0.2, -0.15) is 4.31 Å². The Kier molecular flexibility index (Phi) is 9.17. The van der Waals surface area contributed by atoms with Crippen LogP contribution in [0.25, 0.3) is 0 Å². The van der Waals surface area contributed by atoms with E-state index in [9.17, 15) is 22.8 Å². The normalized spacial score (nSPS) is 18.7. The maximum Gasteiger partial charge on any atom is 0.243 e. The Hall–Kier alpha value is -2.50. The van der Waals surface area contributed by atoms with Crippen molar-refractivity contribution in [2.75, 3.05) is 26.7 Å². The van der Waals surface area contributed by atoms with E-state index in [4.69, 9.17) is 10.5 Å². The van der Waals surface area contributed by atoms with Gasteiger partial charge in [0.05, 0.1) is 31.1 Å². The molecule has 0 spiro atoms. The Morgan fingerprint density at radius 2 is 1.91 bits per heavy atom. The molecule has 1 unspecified atom stereocenters. The van der Waals surface area contributed by atoms with Gasteiger partial charge in [0.1, 0.15) is 11.8 Å². The number of Topliss-reactive ketones (excluding diaryl/α,β-unsaturated/α-hetero) is 1. The number of amides is 2. The zero-order valence-electron chi connectivity index (χ0n) is 18.7. The molecule has 4 N–H and O–H groups in total. The van der Waals surface area contributed by atoms with Crippen molar-refractivity contribution in [3.05, 3.63) is 24.3 Å². The van der Waals surface area contributed by atoms with Gasteiger partial charge in [0.25, 0.3) is 0 Å². The summed E-state index contributed by atoms with van der Waals surface area (Å²) < 4.78 is 32.2. The van der Waals surface area contributed by atoms with Crippen LogP contribution < -0.4 is 21.1 Å². The van der Waals surface area contributed by atoms with Gasteiger partial charge in [-0.25, -0.2) is 8.42 Å². The molecule has 2 amide bonds. The van der Waals surface area contributed by atoms with Gasteiger partial charge < -0.3 is 21.1 Å². The van der Waals surface area contributed by atoms with Crippen molar-refractivity contribution in [1.82, 2.24) is 14.9 Å². The largest absolute Gasteiger partial charge is 0.497 e. The summed E-state index contributed by atoms with van der Waals surface area (Å²) >= 11 is 0. The predicted octanol–water partition coefficient (Wildman–Crippen LogP) is 0.0232. The Morgan fingerprint density at radius 3 is 2.47 bits per heavy atom. The Bertz CT molecular complexity index is 917. The smallest absolute Gasteiger partial charge is 0.243 e. The summed E-state index contributed by atoms with van der Waals surface area (Å²) in [6.45, 7) is 3.39. The second kappa shape index (κ2) is 11.4. The fourth-order valence-electron chi connectivity index (χ4n) is 3.48. The SMILES string of the molecule is COc1ccc(S(=O)(=O)N2CCCC(NC(=O)[C@H](CC(C)C)NC(=O)CN)C(=O)C2)cc1. The number of carbonyl (C=O) groups excluding carboxylic acids is 3. The molecule has 10 nitrogen and oxygen atoms in total. The van der Waals surface area contributed by atoms with Crippen molar-refractivity contribution in [2.24, 2.45) is 11.7 Å². The number of carbonyl (C=O) groups is 3. The summed E-state index contributed by atoms with van der Waals surface area (Å²) in [5.74, 6) is -0.698. The van der Waals surface area contributed by atoms with Crippen molar-refractivity contribution in [3.8, 4) is 5.75 Å². The van der Waals surface area contributed by atoms with Gasteiger partial charge in [-0.15, -0.1) is 0 Å².